The second kappa shape index (κ2) is 6.47. The van der Waals surface area contributed by atoms with Crippen LogP contribution in [0.2, 0.25) is 5.02 Å². The second-order valence-electron chi connectivity index (χ2n) is 3.65. The summed E-state index contributed by atoms with van der Waals surface area (Å²) in [5.74, 6) is 0.511. The third-order valence-electron chi connectivity index (χ3n) is 2.51. The van der Waals surface area contributed by atoms with Crippen LogP contribution in [0.5, 0.6) is 5.75 Å². The van der Waals surface area contributed by atoms with E-state index in [-0.39, 0.29) is 12.5 Å². The molecule has 0 fully saturated rings. The number of ether oxygens (including phenoxy) is 1. The monoisotopic (exact) mass is 256 g/mol. The molecule has 0 saturated heterocycles. The fourth-order valence-electron chi connectivity index (χ4n) is 1.21. The van der Waals surface area contributed by atoms with Crippen molar-refractivity contribution in [2.45, 2.75) is 13.5 Å². The average molecular weight is 257 g/mol. The average Bonchev–Trinajstić information content (AvgIpc) is 2.35. The quantitative estimate of drug-likeness (QED) is 0.872. The first-order valence-corrected chi connectivity index (χ1v) is 5.81. The molecule has 0 aromatic heterocycles. The Morgan fingerprint density at radius 1 is 1.53 bits per heavy atom. The normalized spacial score (nSPS) is 10.1. The van der Waals surface area contributed by atoms with Crippen LogP contribution in [-0.2, 0) is 11.3 Å². The minimum atomic E-state index is -0.0634. The maximum atomic E-state index is 11.5. The molecule has 0 aliphatic carbocycles. The number of carbonyl (C=O) groups excluding carboxylic acids is 1. The van der Waals surface area contributed by atoms with E-state index < -0.39 is 0 Å². The van der Waals surface area contributed by atoms with Crippen molar-refractivity contribution in [2.24, 2.45) is 5.73 Å². The number of likely N-dealkylation sites (N-methyl/N-ethyl adjacent to an activating group) is 1. The fraction of sp³-hybridized carbons (Fsp3) is 0.417. The molecule has 0 aliphatic rings. The molecular formula is C12H17ClN2O2. The first kappa shape index (κ1) is 13.8. The number of benzene rings is 1. The summed E-state index contributed by atoms with van der Waals surface area (Å²) in [6.45, 7) is 2.97. The summed E-state index contributed by atoms with van der Waals surface area (Å²) < 4.78 is 5.35. The summed E-state index contributed by atoms with van der Waals surface area (Å²) in [5.41, 5.74) is 6.35. The first-order valence-electron chi connectivity index (χ1n) is 5.43. The number of carbonyl (C=O) groups is 1. The summed E-state index contributed by atoms with van der Waals surface area (Å²) in [6.07, 6.45) is 0. The largest absolute Gasteiger partial charge is 0.484 e. The van der Waals surface area contributed by atoms with Gasteiger partial charge >= 0.3 is 0 Å². The van der Waals surface area contributed by atoms with E-state index >= 15 is 0 Å². The number of nitrogens with two attached hydrogens (primary N) is 1. The summed E-state index contributed by atoms with van der Waals surface area (Å²) in [4.78, 5) is 13.1. The highest BCUT2D eigenvalue weighted by atomic mass is 35.5. The van der Waals surface area contributed by atoms with Crippen LogP contribution in [0.3, 0.4) is 0 Å². The van der Waals surface area contributed by atoms with Crippen LogP contribution in [0.4, 0.5) is 0 Å². The molecule has 4 nitrogen and oxygen atoms in total. The lowest BCUT2D eigenvalue weighted by atomic mass is 10.2. The lowest BCUT2D eigenvalue weighted by Crippen LogP contribution is -2.31. The van der Waals surface area contributed by atoms with Crippen molar-refractivity contribution in [3.63, 3.8) is 0 Å². The first-order chi connectivity index (χ1) is 8.08. The molecule has 2 N–H and O–H groups in total. The smallest absolute Gasteiger partial charge is 0.260 e. The number of nitrogens with zero attached hydrogens (tertiary/aromatic N) is 1. The second-order valence-corrected chi connectivity index (χ2v) is 4.06. The Labute approximate surface area is 106 Å². The molecule has 0 saturated carbocycles. The Bertz CT molecular complexity index is 396. The Morgan fingerprint density at radius 3 is 2.76 bits per heavy atom. The van der Waals surface area contributed by atoms with Gasteiger partial charge in [-0.1, -0.05) is 17.7 Å². The minimum absolute atomic E-state index is 0.0165. The number of halogens is 1. The van der Waals surface area contributed by atoms with Crippen LogP contribution in [0.25, 0.3) is 0 Å². The van der Waals surface area contributed by atoms with Crippen LogP contribution >= 0.6 is 11.6 Å². The molecular weight excluding hydrogens is 240 g/mol. The molecule has 1 amide bonds. The molecule has 0 bridgehead atoms. The third-order valence-corrected chi connectivity index (χ3v) is 2.86. The van der Waals surface area contributed by atoms with Gasteiger partial charge in [0, 0.05) is 25.2 Å². The number of hydrogen-bond acceptors (Lipinski definition) is 3. The maximum absolute atomic E-state index is 11.5. The van der Waals surface area contributed by atoms with Crippen LogP contribution < -0.4 is 10.5 Å². The van der Waals surface area contributed by atoms with Crippen LogP contribution in [0, 0.1) is 0 Å². The third kappa shape index (κ3) is 3.91. The van der Waals surface area contributed by atoms with Gasteiger partial charge in [-0.05, 0) is 24.6 Å². The highest BCUT2D eigenvalue weighted by Crippen LogP contribution is 2.22. The van der Waals surface area contributed by atoms with Gasteiger partial charge < -0.3 is 15.4 Å². The Balaban J connectivity index is 2.58. The minimum Gasteiger partial charge on any atom is -0.484 e. The van der Waals surface area contributed by atoms with Gasteiger partial charge in [0.1, 0.15) is 5.75 Å². The Morgan fingerprint density at radius 2 is 2.24 bits per heavy atom. The van der Waals surface area contributed by atoms with E-state index in [1.807, 2.05) is 6.92 Å². The van der Waals surface area contributed by atoms with E-state index in [0.29, 0.717) is 23.9 Å². The summed E-state index contributed by atoms with van der Waals surface area (Å²) in [6, 6.07) is 5.22. The van der Waals surface area contributed by atoms with Crippen molar-refractivity contribution >= 4 is 17.5 Å². The molecule has 0 atom stereocenters. The maximum Gasteiger partial charge on any atom is 0.260 e. The van der Waals surface area contributed by atoms with Gasteiger partial charge in [-0.2, -0.15) is 0 Å². The summed E-state index contributed by atoms with van der Waals surface area (Å²) >= 11 is 5.98. The van der Waals surface area contributed by atoms with E-state index in [1.54, 1.807) is 30.1 Å². The van der Waals surface area contributed by atoms with Crippen LogP contribution in [0.15, 0.2) is 18.2 Å². The number of hydrogen-bond donors (Lipinski definition) is 1. The van der Waals surface area contributed by atoms with E-state index in [1.165, 1.54) is 0 Å². The van der Waals surface area contributed by atoms with Crippen LogP contribution in [-0.4, -0.2) is 31.0 Å². The highest BCUT2D eigenvalue weighted by Gasteiger charge is 2.08. The SMILES string of the molecule is CCN(C)C(=O)COc1ccc(CN)c(Cl)c1. The van der Waals surface area contributed by atoms with E-state index in [2.05, 4.69) is 0 Å². The van der Waals surface area contributed by atoms with E-state index in [9.17, 15) is 4.79 Å². The zero-order valence-corrected chi connectivity index (χ0v) is 10.8. The van der Waals surface area contributed by atoms with Gasteiger partial charge in [0.2, 0.25) is 0 Å². The Hall–Kier alpha value is -1.26. The summed E-state index contributed by atoms with van der Waals surface area (Å²) in [5, 5.41) is 0.557. The predicted octanol–water partition coefficient (Wildman–Crippen LogP) is 1.66. The van der Waals surface area contributed by atoms with Crippen molar-refractivity contribution in [1.82, 2.24) is 4.90 Å². The standard InChI is InChI=1S/C12H17ClN2O2/c1-3-15(2)12(16)8-17-10-5-4-9(7-14)11(13)6-10/h4-6H,3,7-8,14H2,1-2H3. The van der Waals surface area contributed by atoms with Crippen molar-refractivity contribution < 1.29 is 9.53 Å². The number of rotatable bonds is 5. The van der Waals surface area contributed by atoms with Gasteiger partial charge in [0.15, 0.2) is 6.61 Å². The van der Waals surface area contributed by atoms with Crippen molar-refractivity contribution in [3.05, 3.63) is 28.8 Å². The molecule has 1 aromatic rings. The molecule has 0 spiro atoms. The van der Waals surface area contributed by atoms with Gasteiger partial charge in [-0.15, -0.1) is 0 Å². The lowest BCUT2D eigenvalue weighted by molar-refractivity contribution is -0.131. The van der Waals surface area contributed by atoms with Crippen molar-refractivity contribution in [2.75, 3.05) is 20.2 Å². The molecule has 17 heavy (non-hydrogen) atoms. The Kier molecular flexibility index (Phi) is 5.25. The van der Waals surface area contributed by atoms with Gasteiger partial charge in [0.25, 0.3) is 5.91 Å². The molecule has 0 heterocycles. The zero-order valence-electron chi connectivity index (χ0n) is 10.1. The highest BCUT2D eigenvalue weighted by molar-refractivity contribution is 6.31. The van der Waals surface area contributed by atoms with E-state index in [4.69, 9.17) is 22.1 Å². The fourth-order valence-corrected chi connectivity index (χ4v) is 1.46. The zero-order chi connectivity index (χ0) is 12.8. The lowest BCUT2D eigenvalue weighted by Gasteiger charge is -2.15. The molecule has 1 rings (SSSR count). The van der Waals surface area contributed by atoms with Crippen molar-refractivity contribution in [1.29, 1.82) is 0 Å². The van der Waals surface area contributed by atoms with Gasteiger partial charge in [-0.3, -0.25) is 4.79 Å². The predicted molar refractivity (Wildman–Crippen MR) is 68.1 cm³/mol. The van der Waals surface area contributed by atoms with Gasteiger partial charge in [-0.25, -0.2) is 0 Å². The molecule has 94 valence electrons. The van der Waals surface area contributed by atoms with Crippen LogP contribution in [0.1, 0.15) is 12.5 Å². The van der Waals surface area contributed by atoms with E-state index in [0.717, 1.165) is 5.56 Å². The molecule has 0 aliphatic heterocycles. The summed E-state index contributed by atoms with van der Waals surface area (Å²) in [7, 11) is 1.73. The molecule has 1 aromatic carbocycles. The molecule has 5 heteroatoms. The molecule has 0 radical (unpaired) electrons. The van der Waals surface area contributed by atoms with Gasteiger partial charge in [0.05, 0.1) is 0 Å². The van der Waals surface area contributed by atoms with Crippen molar-refractivity contribution in [3.8, 4) is 5.75 Å². The molecule has 0 unspecified atom stereocenters. The topological polar surface area (TPSA) is 55.6 Å². The number of amides is 1.